The van der Waals surface area contributed by atoms with E-state index < -0.39 is 0 Å². The van der Waals surface area contributed by atoms with Crippen LogP contribution in [0.4, 0.5) is 10.5 Å². The van der Waals surface area contributed by atoms with Crippen molar-refractivity contribution in [2.75, 3.05) is 23.4 Å². The number of rotatable bonds is 4. The Hall–Kier alpha value is -1.69. The first kappa shape index (κ1) is 15.7. The van der Waals surface area contributed by atoms with Crippen LogP contribution in [0.3, 0.4) is 0 Å². The van der Waals surface area contributed by atoms with Gasteiger partial charge in [-0.05, 0) is 49.5 Å². The van der Waals surface area contributed by atoms with E-state index in [1.165, 1.54) is 0 Å². The molecule has 0 aromatic heterocycles. The summed E-state index contributed by atoms with van der Waals surface area (Å²) in [6.07, 6.45) is 2.02. The Morgan fingerprint density at radius 2 is 2.05 bits per heavy atom. The van der Waals surface area contributed by atoms with Crippen LogP contribution in [0.15, 0.2) is 24.3 Å². The molecule has 0 unspecified atom stereocenters. The van der Waals surface area contributed by atoms with E-state index >= 15 is 0 Å². The lowest BCUT2D eigenvalue weighted by Crippen LogP contribution is -2.40. The molecule has 1 saturated heterocycles. The first-order chi connectivity index (χ1) is 10.2. The van der Waals surface area contributed by atoms with Crippen LogP contribution in [0, 0.1) is 0 Å². The van der Waals surface area contributed by atoms with Crippen molar-refractivity contribution in [3.8, 4) is 0 Å². The van der Waals surface area contributed by atoms with E-state index in [-0.39, 0.29) is 18.0 Å². The summed E-state index contributed by atoms with van der Waals surface area (Å²) in [5.74, 6) is 2.06. The number of amides is 3. The van der Waals surface area contributed by atoms with Gasteiger partial charge < -0.3 is 16.0 Å². The van der Waals surface area contributed by atoms with Crippen molar-refractivity contribution in [2.45, 2.75) is 25.8 Å². The summed E-state index contributed by atoms with van der Waals surface area (Å²) in [7, 11) is 0. The van der Waals surface area contributed by atoms with Gasteiger partial charge >= 0.3 is 6.03 Å². The summed E-state index contributed by atoms with van der Waals surface area (Å²) >= 11 is 1.92. The zero-order valence-corrected chi connectivity index (χ0v) is 13.0. The Labute approximate surface area is 129 Å². The summed E-state index contributed by atoms with van der Waals surface area (Å²) in [6, 6.07) is 6.99. The largest absolute Gasteiger partial charge is 0.352 e. The molecular weight excluding hydrogens is 286 g/mol. The van der Waals surface area contributed by atoms with E-state index in [2.05, 4.69) is 16.0 Å². The molecule has 0 saturated carbocycles. The van der Waals surface area contributed by atoms with Gasteiger partial charge in [0.25, 0.3) is 5.91 Å². The maximum atomic E-state index is 12.0. The van der Waals surface area contributed by atoms with Gasteiger partial charge in [-0.25, -0.2) is 4.79 Å². The van der Waals surface area contributed by atoms with Crippen LogP contribution < -0.4 is 16.0 Å². The summed E-state index contributed by atoms with van der Waals surface area (Å²) in [4.78, 5) is 23.7. The van der Waals surface area contributed by atoms with E-state index in [4.69, 9.17) is 0 Å². The topological polar surface area (TPSA) is 70.2 Å². The van der Waals surface area contributed by atoms with Gasteiger partial charge in [0.1, 0.15) is 0 Å². The smallest absolute Gasteiger partial charge is 0.319 e. The number of nitrogens with one attached hydrogen (secondary N) is 3. The van der Waals surface area contributed by atoms with Gasteiger partial charge in [-0.1, -0.05) is 6.07 Å². The number of urea groups is 1. The Bertz CT molecular complexity index is 501. The normalized spacial score (nSPS) is 15.3. The monoisotopic (exact) mass is 307 g/mol. The van der Waals surface area contributed by atoms with E-state index in [1.54, 1.807) is 24.3 Å². The summed E-state index contributed by atoms with van der Waals surface area (Å²) in [5.41, 5.74) is 1.17. The molecule has 1 aliphatic rings. The molecule has 2 rings (SSSR count). The quantitative estimate of drug-likeness (QED) is 0.800. The second kappa shape index (κ2) is 7.93. The van der Waals surface area contributed by atoms with Crippen LogP contribution in [0.2, 0.25) is 0 Å². The third kappa shape index (κ3) is 4.97. The summed E-state index contributed by atoms with van der Waals surface area (Å²) < 4.78 is 0. The van der Waals surface area contributed by atoms with Crippen molar-refractivity contribution in [3.63, 3.8) is 0 Å². The van der Waals surface area contributed by atoms with E-state index in [9.17, 15) is 9.59 Å². The van der Waals surface area contributed by atoms with Crippen LogP contribution >= 0.6 is 11.8 Å². The number of carbonyl (C=O) groups is 2. The van der Waals surface area contributed by atoms with Crippen molar-refractivity contribution < 1.29 is 9.59 Å². The van der Waals surface area contributed by atoms with Crippen LogP contribution in [0.1, 0.15) is 30.1 Å². The number of hydrogen-bond acceptors (Lipinski definition) is 3. The fourth-order valence-electron chi connectivity index (χ4n) is 2.20. The molecule has 0 radical (unpaired) electrons. The highest BCUT2D eigenvalue weighted by Gasteiger charge is 2.16. The maximum Gasteiger partial charge on any atom is 0.319 e. The molecule has 0 atom stereocenters. The number of hydrogen-bond donors (Lipinski definition) is 3. The molecule has 0 bridgehead atoms. The summed E-state index contributed by atoms with van der Waals surface area (Å²) in [5, 5.41) is 8.51. The van der Waals surface area contributed by atoms with Gasteiger partial charge in [0.05, 0.1) is 0 Å². The molecule has 6 heteroatoms. The first-order valence-corrected chi connectivity index (χ1v) is 8.38. The van der Waals surface area contributed by atoms with Gasteiger partial charge in [0, 0.05) is 23.8 Å². The van der Waals surface area contributed by atoms with Crippen LogP contribution in [-0.4, -0.2) is 36.0 Å². The number of benzene rings is 1. The molecule has 21 heavy (non-hydrogen) atoms. The molecule has 1 heterocycles. The second-order valence-electron chi connectivity index (χ2n) is 4.93. The fraction of sp³-hybridized carbons (Fsp3) is 0.467. The highest BCUT2D eigenvalue weighted by atomic mass is 32.2. The Kier molecular flexibility index (Phi) is 5.92. The lowest BCUT2D eigenvalue weighted by molar-refractivity contribution is 0.0956. The second-order valence-corrected chi connectivity index (χ2v) is 6.15. The highest BCUT2D eigenvalue weighted by Crippen LogP contribution is 2.17. The van der Waals surface area contributed by atoms with Gasteiger partial charge in [0.2, 0.25) is 0 Å². The zero-order valence-electron chi connectivity index (χ0n) is 12.1. The molecule has 5 nitrogen and oxygen atoms in total. The molecule has 114 valence electrons. The van der Waals surface area contributed by atoms with Gasteiger partial charge in [0.15, 0.2) is 0 Å². The predicted molar refractivity (Wildman–Crippen MR) is 87.0 cm³/mol. The minimum absolute atomic E-state index is 0.133. The average Bonchev–Trinajstić information content (AvgIpc) is 2.48. The molecule has 3 N–H and O–H groups in total. The number of thioether (sulfide) groups is 1. The summed E-state index contributed by atoms with van der Waals surface area (Å²) in [6.45, 7) is 2.45. The van der Waals surface area contributed by atoms with E-state index in [0.717, 1.165) is 24.3 Å². The van der Waals surface area contributed by atoms with Crippen LogP contribution in [0.25, 0.3) is 0 Å². The Morgan fingerprint density at radius 1 is 1.29 bits per heavy atom. The first-order valence-electron chi connectivity index (χ1n) is 7.22. The standard InChI is InChI=1S/C15H21N3O2S/c1-2-16-14(19)11-4-3-5-13(10-11)18-15(20)17-12-6-8-21-9-7-12/h3-5,10,12H,2,6-9H2,1H3,(H,16,19)(H2,17,18,20). The molecule has 3 amide bonds. The van der Waals surface area contributed by atoms with Crippen LogP contribution in [-0.2, 0) is 0 Å². The third-order valence-corrected chi connectivity index (χ3v) is 4.33. The molecular formula is C15H21N3O2S. The van der Waals surface area contributed by atoms with Crippen molar-refractivity contribution >= 4 is 29.4 Å². The zero-order chi connectivity index (χ0) is 15.1. The molecule has 0 spiro atoms. The maximum absolute atomic E-state index is 12.0. The van der Waals surface area contributed by atoms with Gasteiger partial charge in [-0.3, -0.25) is 4.79 Å². The molecule has 1 aliphatic heterocycles. The van der Waals surface area contributed by atoms with Crippen molar-refractivity contribution in [1.82, 2.24) is 10.6 Å². The Balaban J connectivity index is 1.91. The predicted octanol–water partition coefficient (Wildman–Crippen LogP) is 2.45. The molecule has 1 fully saturated rings. The van der Waals surface area contributed by atoms with Crippen molar-refractivity contribution in [3.05, 3.63) is 29.8 Å². The average molecular weight is 307 g/mol. The van der Waals surface area contributed by atoms with E-state index in [1.807, 2.05) is 18.7 Å². The lowest BCUT2D eigenvalue weighted by Gasteiger charge is -2.22. The molecule has 0 aliphatic carbocycles. The highest BCUT2D eigenvalue weighted by molar-refractivity contribution is 7.99. The van der Waals surface area contributed by atoms with Crippen LogP contribution in [0.5, 0.6) is 0 Å². The van der Waals surface area contributed by atoms with Crippen molar-refractivity contribution in [1.29, 1.82) is 0 Å². The minimum atomic E-state index is -0.208. The van der Waals surface area contributed by atoms with Crippen molar-refractivity contribution in [2.24, 2.45) is 0 Å². The lowest BCUT2D eigenvalue weighted by atomic mass is 10.1. The van der Waals surface area contributed by atoms with Gasteiger partial charge in [-0.15, -0.1) is 0 Å². The van der Waals surface area contributed by atoms with E-state index in [0.29, 0.717) is 17.8 Å². The minimum Gasteiger partial charge on any atom is -0.352 e. The SMILES string of the molecule is CCNC(=O)c1cccc(NC(=O)NC2CCSCC2)c1. The Morgan fingerprint density at radius 3 is 2.76 bits per heavy atom. The number of anilines is 1. The van der Waals surface area contributed by atoms with Gasteiger partial charge in [-0.2, -0.15) is 11.8 Å². The number of carbonyl (C=O) groups excluding carboxylic acids is 2. The molecule has 1 aromatic carbocycles. The third-order valence-electron chi connectivity index (χ3n) is 3.28. The fourth-order valence-corrected chi connectivity index (χ4v) is 3.30. The molecule has 1 aromatic rings.